The van der Waals surface area contributed by atoms with Crippen molar-refractivity contribution in [2.75, 3.05) is 19.9 Å². The van der Waals surface area contributed by atoms with E-state index < -0.39 is 11.7 Å². The standard InChI is InChI=1S/C7H15NO3S/c1-7(2,5-10-12-4)11-6(9)8-3/h5H2,1-4H3,(H,8,9). The van der Waals surface area contributed by atoms with Crippen LogP contribution in [0.15, 0.2) is 0 Å². The Morgan fingerprint density at radius 2 is 2.17 bits per heavy atom. The number of hydrogen-bond acceptors (Lipinski definition) is 4. The molecule has 0 aromatic carbocycles. The molecule has 1 amide bonds. The van der Waals surface area contributed by atoms with E-state index in [1.54, 1.807) is 13.8 Å². The molecule has 0 aliphatic carbocycles. The number of carbonyl (C=O) groups excluding carboxylic acids is 1. The Morgan fingerprint density at radius 3 is 2.58 bits per heavy atom. The Balaban J connectivity index is 3.77. The van der Waals surface area contributed by atoms with Crippen LogP contribution in [0, 0.1) is 0 Å². The van der Waals surface area contributed by atoms with Gasteiger partial charge < -0.3 is 14.2 Å². The predicted octanol–water partition coefficient (Wildman–Crippen LogP) is 1.42. The highest BCUT2D eigenvalue weighted by Gasteiger charge is 2.22. The Morgan fingerprint density at radius 1 is 1.58 bits per heavy atom. The lowest BCUT2D eigenvalue weighted by Crippen LogP contribution is -2.36. The molecule has 12 heavy (non-hydrogen) atoms. The molecular weight excluding hydrogens is 178 g/mol. The fourth-order valence-electron chi connectivity index (χ4n) is 0.532. The lowest BCUT2D eigenvalue weighted by molar-refractivity contribution is 0.0107. The van der Waals surface area contributed by atoms with Crippen molar-refractivity contribution in [2.45, 2.75) is 19.4 Å². The average Bonchev–Trinajstić information content (AvgIpc) is 2.00. The monoisotopic (exact) mass is 193 g/mol. The first-order valence-electron chi connectivity index (χ1n) is 3.58. The summed E-state index contributed by atoms with van der Waals surface area (Å²) in [6.07, 6.45) is 1.38. The topological polar surface area (TPSA) is 47.6 Å². The van der Waals surface area contributed by atoms with Gasteiger partial charge in [-0.2, -0.15) is 0 Å². The Hall–Kier alpha value is -0.420. The van der Waals surface area contributed by atoms with Gasteiger partial charge in [-0.05, 0) is 25.9 Å². The van der Waals surface area contributed by atoms with Gasteiger partial charge in [-0.1, -0.05) is 0 Å². The Bertz CT molecular complexity index is 150. The third-order valence-corrected chi connectivity index (χ3v) is 1.45. The number of ether oxygens (including phenoxy) is 1. The molecule has 0 saturated carbocycles. The fraction of sp³-hybridized carbons (Fsp3) is 0.857. The van der Waals surface area contributed by atoms with E-state index in [0.717, 1.165) is 0 Å². The molecule has 72 valence electrons. The molecule has 0 aliphatic heterocycles. The van der Waals surface area contributed by atoms with Crippen LogP contribution in [0.4, 0.5) is 4.79 Å². The maximum absolute atomic E-state index is 10.8. The smallest absolute Gasteiger partial charge is 0.407 e. The molecule has 0 fully saturated rings. The molecular formula is C7H15NO3S. The minimum atomic E-state index is -0.580. The number of rotatable bonds is 4. The van der Waals surface area contributed by atoms with Crippen molar-refractivity contribution in [2.24, 2.45) is 0 Å². The Labute approximate surface area is 77.2 Å². The number of nitrogens with one attached hydrogen (secondary N) is 1. The first kappa shape index (κ1) is 11.6. The highest BCUT2D eigenvalue weighted by Crippen LogP contribution is 2.12. The summed E-state index contributed by atoms with van der Waals surface area (Å²) in [7, 11) is 1.52. The van der Waals surface area contributed by atoms with Gasteiger partial charge in [0.2, 0.25) is 0 Å². The van der Waals surface area contributed by atoms with Crippen molar-refractivity contribution in [1.82, 2.24) is 5.32 Å². The second-order valence-electron chi connectivity index (χ2n) is 2.83. The summed E-state index contributed by atoms with van der Waals surface area (Å²) < 4.78 is 10.1. The van der Waals surface area contributed by atoms with E-state index in [1.165, 1.54) is 19.1 Å². The largest absolute Gasteiger partial charge is 0.441 e. The molecule has 0 aromatic heterocycles. The van der Waals surface area contributed by atoms with Gasteiger partial charge in [-0.25, -0.2) is 4.79 Å². The molecule has 0 saturated heterocycles. The van der Waals surface area contributed by atoms with Crippen LogP contribution in [0.1, 0.15) is 13.8 Å². The zero-order valence-electron chi connectivity index (χ0n) is 7.84. The minimum Gasteiger partial charge on any atom is -0.441 e. The molecule has 0 heterocycles. The molecule has 0 rings (SSSR count). The van der Waals surface area contributed by atoms with Crippen LogP contribution in [-0.2, 0) is 8.92 Å². The molecule has 0 radical (unpaired) electrons. The quantitative estimate of drug-likeness (QED) is 0.686. The number of carbonyl (C=O) groups is 1. The summed E-state index contributed by atoms with van der Waals surface area (Å²) in [6, 6.07) is 0. The van der Waals surface area contributed by atoms with E-state index in [1.807, 2.05) is 6.26 Å². The first-order chi connectivity index (χ1) is 5.52. The predicted molar refractivity (Wildman–Crippen MR) is 49.1 cm³/mol. The van der Waals surface area contributed by atoms with E-state index in [4.69, 9.17) is 8.92 Å². The van der Waals surface area contributed by atoms with Crippen LogP contribution in [0.2, 0.25) is 0 Å². The van der Waals surface area contributed by atoms with Crippen molar-refractivity contribution in [1.29, 1.82) is 0 Å². The fourth-order valence-corrected chi connectivity index (χ4v) is 0.934. The lowest BCUT2D eigenvalue weighted by Gasteiger charge is -2.23. The van der Waals surface area contributed by atoms with Crippen LogP contribution < -0.4 is 5.32 Å². The Kier molecular flexibility index (Phi) is 5.08. The molecule has 0 aromatic rings. The molecule has 0 spiro atoms. The SMILES string of the molecule is CNC(=O)OC(C)(C)COSC. The highest BCUT2D eigenvalue weighted by atomic mass is 32.2. The average molecular weight is 193 g/mol. The van der Waals surface area contributed by atoms with Gasteiger partial charge in [0.15, 0.2) is 0 Å². The summed E-state index contributed by atoms with van der Waals surface area (Å²) in [5.74, 6) is 0. The maximum atomic E-state index is 10.8. The van der Waals surface area contributed by atoms with E-state index in [9.17, 15) is 4.79 Å². The molecule has 0 unspecified atom stereocenters. The van der Waals surface area contributed by atoms with Crippen LogP contribution >= 0.6 is 12.0 Å². The van der Waals surface area contributed by atoms with E-state index in [2.05, 4.69) is 5.32 Å². The van der Waals surface area contributed by atoms with Crippen molar-refractivity contribution < 1.29 is 13.7 Å². The molecule has 0 aliphatic rings. The normalized spacial score (nSPS) is 11.0. The second kappa shape index (κ2) is 5.27. The third-order valence-electron chi connectivity index (χ3n) is 1.10. The minimum absolute atomic E-state index is 0.377. The van der Waals surface area contributed by atoms with E-state index in [-0.39, 0.29) is 0 Å². The summed E-state index contributed by atoms with van der Waals surface area (Å²) in [5.41, 5.74) is -0.580. The van der Waals surface area contributed by atoms with Gasteiger partial charge in [-0.3, -0.25) is 0 Å². The van der Waals surface area contributed by atoms with E-state index in [0.29, 0.717) is 6.61 Å². The highest BCUT2D eigenvalue weighted by molar-refractivity contribution is 7.93. The summed E-state index contributed by atoms with van der Waals surface area (Å²) in [6.45, 7) is 3.96. The zero-order valence-corrected chi connectivity index (χ0v) is 8.66. The molecule has 5 heteroatoms. The van der Waals surface area contributed by atoms with E-state index >= 15 is 0 Å². The molecule has 0 bridgehead atoms. The number of amides is 1. The lowest BCUT2D eigenvalue weighted by atomic mass is 10.2. The van der Waals surface area contributed by atoms with Crippen LogP contribution in [0.5, 0.6) is 0 Å². The second-order valence-corrected chi connectivity index (χ2v) is 3.40. The van der Waals surface area contributed by atoms with Gasteiger partial charge in [0.25, 0.3) is 0 Å². The molecule has 1 N–H and O–H groups in total. The van der Waals surface area contributed by atoms with Gasteiger partial charge in [0.05, 0.1) is 0 Å². The summed E-state index contributed by atoms with van der Waals surface area (Å²) in [4.78, 5) is 10.8. The maximum Gasteiger partial charge on any atom is 0.407 e. The number of hydrogen-bond donors (Lipinski definition) is 1. The summed E-state index contributed by atoms with van der Waals surface area (Å²) in [5, 5.41) is 2.37. The van der Waals surface area contributed by atoms with Crippen molar-refractivity contribution >= 4 is 18.1 Å². The van der Waals surface area contributed by atoms with Crippen molar-refractivity contribution in [3.8, 4) is 0 Å². The molecule has 0 atom stereocenters. The summed E-state index contributed by atoms with van der Waals surface area (Å²) >= 11 is 1.25. The van der Waals surface area contributed by atoms with Crippen LogP contribution in [0.3, 0.4) is 0 Å². The van der Waals surface area contributed by atoms with Gasteiger partial charge in [0, 0.05) is 13.3 Å². The van der Waals surface area contributed by atoms with Gasteiger partial charge in [0.1, 0.15) is 12.2 Å². The number of alkyl carbamates (subject to hydrolysis) is 1. The van der Waals surface area contributed by atoms with Crippen LogP contribution in [0.25, 0.3) is 0 Å². The van der Waals surface area contributed by atoms with Crippen molar-refractivity contribution in [3.63, 3.8) is 0 Å². The van der Waals surface area contributed by atoms with Crippen LogP contribution in [-0.4, -0.2) is 31.6 Å². The van der Waals surface area contributed by atoms with Gasteiger partial charge in [-0.15, -0.1) is 0 Å². The molecule has 4 nitrogen and oxygen atoms in total. The first-order valence-corrected chi connectivity index (χ1v) is 4.73. The zero-order chi connectivity index (χ0) is 9.61. The van der Waals surface area contributed by atoms with Gasteiger partial charge >= 0.3 is 6.09 Å². The van der Waals surface area contributed by atoms with Crippen molar-refractivity contribution in [3.05, 3.63) is 0 Å². The third kappa shape index (κ3) is 5.26.